The van der Waals surface area contributed by atoms with Gasteiger partial charge < -0.3 is 4.74 Å². The van der Waals surface area contributed by atoms with Crippen molar-refractivity contribution in [3.63, 3.8) is 0 Å². The highest BCUT2D eigenvalue weighted by Gasteiger charge is 2.27. The van der Waals surface area contributed by atoms with Crippen molar-refractivity contribution in [2.24, 2.45) is 5.92 Å². The molecule has 1 fully saturated rings. The van der Waals surface area contributed by atoms with Crippen molar-refractivity contribution in [3.8, 4) is 5.75 Å². The molecule has 2 heterocycles. The molecule has 0 radical (unpaired) electrons. The van der Waals surface area contributed by atoms with Gasteiger partial charge in [-0.1, -0.05) is 19.1 Å². The average molecular weight is 367 g/mol. The number of aromatic nitrogens is 1. The van der Waals surface area contributed by atoms with E-state index in [-0.39, 0.29) is 0 Å². The summed E-state index contributed by atoms with van der Waals surface area (Å²) in [5.74, 6) is 0.880. The van der Waals surface area contributed by atoms with Crippen LogP contribution in [0.25, 0.3) is 0 Å². The summed E-state index contributed by atoms with van der Waals surface area (Å²) in [5.41, 5.74) is 3.01. The Bertz CT molecular complexity index is 763. The number of hydrogen-bond donors (Lipinski definition) is 1. The first kappa shape index (κ1) is 17.2. The van der Waals surface area contributed by atoms with Gasteiger partial charge in [-0.3, -0.25) is 4.72 Å². The molecule has 1 N–H and O–H groups in total. The van der Waals surface area contributed by atoms with Gasteiger partial charge >= 0.3 is 10.2 Å². The van der Waals surface area contributed by atoms with Crippen LogP contribution in [0.4, 0.5) is 5.69 Å². The highest BCUT2D eigenvalue weighted by Crippen LogP contribution is 2.27. The first-order chi connectivity index (χ1) is 11.5. The second-order valence-corrected chi connectivity index (χ2v) is 8.37. The number of ether oxygens (including phenoxy) is 1. The van der Waals surface area contributed by atoms with Crippen LogP contribution in [0, 0.1) is 5.92 Å². The molecule has 2 aromatic rings. The maximum absolute atomic E-state index is 12.6. The van der Waals surface area contributed by atoms with Crippen LogP contribution in [0.15, 0.2) is 35.2 Å². The molecule has 1 aliphatic rings. The predicted octanol–water partition coefficient (Wildman–Crippen LogP) is 3.11. The Hall–Kier alpha value is -1.64. The zero-order chi connectivity index (χ0) is 17.0. The molecule has 1 atom stereocenters. The van der Waals surface area contributed by atoms with Crippen molar-refractivity contribution in [1.82, 2.24) is 9.29 Å². The van der Waals surface area contributed by atoms with Crippen LogP contribution >= 0.6 is 11.3 Å². The third-order valence-corrected chi connectivity index (χ3v) is 6.07. The summed E-state index contributed by atoms with van der Waals surface area (Å²) >= 11 is 1.50. The molecule has 0 amide bonds. The molecule has 6 nitrogen and oxygen atoms in total. The Labute approximate surface area is 146 Å². The van der Waals surface area contributed by atoms with E-state index in [1.807, 2.05) is 11.4 Å². The lowest BCUT2D eigenvalue weighted by atomic mass is 10.0. The van der Waals surface area contributed by atoms with Gasteiger partial charge in [-0.25, -0.2) is 4.98 Å². The molecule has 1 aliphatic heterocycles. The van der Waals surface area contributed by atoms with Gasteiger partial charge in [-0.15, -0.1) is 11.3 Å². The monoisotopic (exact) mass is 367 g/mol. The largest absolute Gasteiger partial charge is 0.485 e. The standard InChI is InChI=1S/C16H21N3O3S2/c1-13-5-4-8-19(9-13)24(20,21)18-15-6-2-3-7-16(15)22-10-14-11-23-12-17-14/h2-3,6-7,11-13,18H,4-5,8-10H2,1H3/t13-/m1/s1. The summed E-state index contributed by atoms with van der Waals surface area (Å²) in [7, 11) is -3.57. The topological polar surface area (TPSA) is 71.5 Å². The van der Waals surface area contributed by atoms with Gasteiger partial charge in [-0.05, 0) is 30.9 Å². The van der Waals surface area contributed by atoms with Crippen LogP contribution in [0.1, 0.15) is 25.5 Å². The minimum absolute atomic E-state index is 0.309. The van der Waals surface area contributed by atoms with E-state index in [2.05, 4.69) is 16.6 Å². The van der Waals surface area contributed by atoms with Gasteiger partial charge in [0.2, 0.25) is 0 Å². The van der Waals surface area contributed by atoms with Gasteiger partial charge in [0.25, 0.3) is 0 Å². The molecule has 130 valence electrons. The van der Waals surface area contributed by atoms with E-state index >= 15 is 0 Å². The molecule has 8 heteroatoms. The van der Waals surface area contributed by atoms with E-state index in [4.69, 9.17) is 4.74 Å². The van der Waals surface area contributed by atoms with E-state index in [0.717, 1.165) is 18.5 Å². The van der Waals surface area contributed by atoms with Crippen molar-refractivity contribution >= 4 is 27.2 Å². The number of nitrogens with zero attached hydrogens (tertiary/aromatic N) is 2. The molecule has 0 aliphatic carbocycles. The van der Waals surface area contributed by atoms with E-state index in [0.29, 0.717) is 37.1 Å². The fourth-order valence-electron chi connectivity index (χ4n) is 2.71. The Morgan fingerprint density at radius 1 is 1.42 bits per heavy atom. The minimum Gasteiger partial charge on any atom is -0.485 e. The number of anilines is 1. The Morgan fingerprint density at radius 2 is 2.25 bits per heavy atom. The van der Waals surface area contributed by atoms with Gasteiger partial charge in [0.15, 0.2) is 0 Å². The summed E-state index contributed by atoms with van der Waals surface area (Å²) < 4.78 is 35.2. The zero-order valence-electron chi connectivity index (χ0n) is 13.5. The van der Waals surface area contributed by atoms with Gasteiger partial charge in [-0.2, -0.15) is 12.7 Å². The van der Waals surface area contributed by atoms with Crippen molar-refractivity contribution in [2.75, 3.05) is 17.8 Å². The molecular weight excluding hydrogens is 346 g/mol. The molecule has 0 saturated carbocycles. The maximum atomic E-state index is 12.6. The Morgan fingerprint density at radius 3 is 3.00 bits per heavy atom. The lowest BCUT2D eigenvalue weighted by Crippen LogP contribution is -2.42. The highest BCUT2D eigenvalue weighted by molar-refractivity contribution is 7.90. The van der Waals surface area contributed by atoms with E-state index in [1.54, 1.807) is 23.7 Å². The highest BCUT2D eigenvalue weighted by atomic mass is 32.2. The smallest absolute Gasteiger partial charge is 0.301 e. The lowest BCUT2D eigenvalue weighted by molar-refractivity contribution is 0.282. The normalized spacial score (nSPS) is 19.1. The molecular formula is C16H21N3O3S2. The third-order valence-electron chi connectivity index (χ3n) is 3.94. The van der Waals surface area contributed by atoms with Crippen molar-refractivity contribution in [1.29, 1.82) is 0 Å². The quantitative estimate of drug-likeness (QED) is 0.851. The average Bonchev–Trinajstić information content (AvgIpc) is 3.07. The molecule has 0 unspecified atom stereocenters. The number of rotatable bonds is 6. The molecule has 24 heavy (non-hydrogen) atoms. The molecule has 3 rings (SSSR count). The van der Waals surface area contributed by atoms with Crippen molar-refractivity contribution < 1.29 is 13.2 Å². The van der Waals surface area contributed by atoms with Crippen LogP contribution in [0.2, 0.25) is 0 Å². The summed E-state index contributed by atoms with van der Waals surface area (Å²) in [6, 6.07) is 7.06. The zero-order valence-corrected chi connectivity index (χ0v) is 15.1. The van der Waals surface area contributed by atoms with Crippen LogP contribution in [-0.2, 0) is 16.8 Å². The Balaban J connectivity index is 1.72. The van der Waals surface area contributed by atoms with Crippen molar-refractivity contribution in [3.05, 3.63) is 40.8 Å². The fourth-order valence-corrected chi connectivity index (χ4v) is 4.64. The summed E-state index contributed by atoms with van der Waals surface area (Å²) in [5, 5.41) is 1.90. The summed E-state index contributed by atoms with van der Waals surface area (Å²) in [6.45, 7) is 3.49. The lowest BCUT2D eigenvalue weighted by Gasteiger charge is -2.30. The number of para-hydroxylation sites is 2. The minimum atomic E-state index is -3.57. The first-order valence-electron chi connectivity index (χ1n) is 7.91. The number of nitrogens with one attached hydrogen (secondary N) is 1. The second kappa shape index (κ2) is 7.50. The van der Waals surface area contributed by atoms with Crippen LogP contribution in [0.3, 0.4) is 0 Å². The second-order valence-electron chi connectivity index (χ2n) is 5.98. The van der Waals surface area contributed by atoms with E-state index in [1.165, 1.54) is 15.6 Å². The fraction of sp³-hybridized carbons (Fsp3) is 0.438. The summed E-state index contributed by atoms with van der Waals surface area (Å²) in [6.07, 6.45) is 1.96. The molecule has 0 spiro atoms. The first-order valence-corrected chi connectivity index (χ1v) is 10.3. The van der Waals surface area contributed by atoms with E-state index < -0.39 is 10.2 Å². The molecule has 1 saturated heterocycles. The molecule has 1 aromatic heterocycles. The van der Waals surface area contributed by atoms with E-state index in [9.17, 15) is 8.42 Å². The summed E-state index contributed by atoms with van der Waals surface area (Å²) in [4.78, 5) is 4.16. The predicted molar refractivity (Wildman–Crippen MR) is 95.4 cm³/mol. The van der Waals surface area contributed by atoms with Crippen molar-refractivity contribution in [2.45, 2.75) is 26.4 Å². The number of benzene rings is 1. The molecule has 0 bridgehead atoms. The number of piperidine rings is 1. The number of thiazole rings is 1. The number of hydrogen-bond acceptors (Lipinski definition) is 5. The molecule has 1 aromatic carbocycles. The van der Waals surface area contributed by atoms with Gasteiger partial charge in [0.05, 0.1) is 16.9 Å². The van der Waals surface area contributed by atoms with Gasteiger partial charge in [0.1, 0.15) is 12.4 Å². The third kappa shape index (κ3) is 4.25. The van der Waals surface area contributed by atoms with Crippen LogP contribution in [-0.4, -0.2) is 30.8 Å². The van der Waals surface area contributed by atoms with Crippen LogP contribution < -0.4 is 9.46 Å². The SMILES string of the molecule is C[C@@H]1CCCN(S(=O)(=O)Nc2ccccc2OCc2cscn2)C1. The van der Waals surface area contributed by atoms with Crippen LogP contribution in [0.5, 0.6) is 5.75 Å². The maximum Gasteiger partial charge on any atom is 0.301 e. The Kier molecular flexibility index (Phi) is 5.37. The van der Waals surface area contributed by atoms with Gasteiger partial charge in [0, 0.05) is 18.5 Å².